The Bertz CT molecular complexity index is 546. The van der Waals surface area contributed by atoms with E-state index in [-0.39, 0.29) is 11.6 Å². The Labute approximate surface area is 123 Å². The van der Waals surface area contributed by atoms with E-state index in [1.165, 1.54) is 17.7 Å². The van der Waals surface area contributed by atoms with Gasteiger partial charge in [-0.25, -0.2) is 0 Å². The molecule has 2 unspecified atom stereocenters. The molecule has 1 aromatic carbocycles. The molecule has 0 spiro atoms. The highest BCUT2D eigenvalue weighted by Gasteiger charge is 2.49. The first-order valence-corrected chi connectivity index (χ1v) is 7.44. The van der Waals surface area contributed by atoms with Crippen molar-refractivity contribution in [1.29, 1.82) is 0 Å². The Morgan fingerprint density at radius 1 is 1.24 bits per heavy atom. The van der Waals surface area contributed by atoms with Crippen molar-refractivity contribution >= 4 is 0 Å². The number of fused-ring (bicyclic) bond motifs is 1. The van der Waals surface area contributed by atoms with Crippen LogP contribution in [0.3, 0.4) is 0 Å². The topological polar surface area (TPSA) is 3.24 Å². The van der Waals surface area contributed by atoms with Crippen LogP contribution in [0, 0.1) is 0 Å². The second-order valence-corrected chi connectivity index (χ2v) is 6.28. The summed E-state index contributed by atoms with van der Waals surface area (Å²) in [5.74, 6) is 0. The summed E-state index contributed by atoms with van der Waals surface area (Å²) in [5.41, 5.74) is 1.69. The lowest BCUT2D eigenvalue weighted by Gasteiger charge is -2.36. The molecule has 1 aromatic rings. The summed E-state index contributed by atoms with van der Waals surface area (Å²) in [7, 11) is 0. The molecule has 114 valence electrons. The molecule has 2 heterocycles. The van der Waals surface area contributed by atoms with Crippen molar-refractivity contribution in [3.63, 3.8) is 0 Å². The van der Waals surface area contributed by atoms with Gasteiger partial charge in [0.1, 0.15) is 0 Å². The number of rotatable bonds is 2. The van der Waals surface area contributed by atoms with Crippen molar-refractivity contribution in [2.24, 2.45) is 0 Å². The molecule has 2 atom stereocenters. The van der Waals surface area contributed by atoms with E-state index < -0.39 is 11.7 Å². The van der Waals surface area contributed by atoms with Gasteiger partial charge in [-0.3, -0.25) is 4.90 Å². The van der Waals surface area contributed by atoms with Crippen LogP contribution in [-0.2, 0) is 6.18 Å². The van der Waals surface area contributed by atoms with Gasteiger partial charge in [0, 0.05) is 11.6 Å². The van der Waals surface area contributed by atoms with E-state index in [2.05, 4.69) is 18.4 Å². The number of hydrogen-bond donors (Lipinski definition) is 0. The highest BCUT2D eigenvalue weighted by Crippen LogP contribution is 2.51. The number of alkyl halides is 3. The minimum absolute atomic E-state index is 0.0768. The van der Waals surface area contributed by atoms with E-state index in [0.29, 0.717) is 0 Å². The number of halogens is 3. The third-order valence-electron chi connectivity index (χ3n) is 5.16. The predicted molar refractivity (Wildman–Crippen MR) is 76.9 cm³/mol. The summed E-state index contributed by atoms with van der Waals surface area (Å²) < 4.78 is 38.0. The molecule has 2 saturated heterocycles. The first-order chi connectivity index (χ1) is 9.84. The van der Waals surface area contributed by atoms with Crippen LogP contribution in [0.15, 0.2) is 36.4 Å². The predicted octanol–water partition coefficient (Wildman–Crippen LogP) is 4.95. The Morgan fingerprint density at radius 2 is 1.90 bits per heavy atom. The van der Waals surface area contributed by atoms with E-state index in [1.54, 1.807) is 12.1 Å². The summed E-state index contributed by atoms with van der Waals surface area (Å²) >= 11 is 0. The van der Waals surface area contributed by atoms with Crippen LogP contribution in [0.5, 0.6) is 0 Å². The smallest absolute Gasteiger partial charge is 0.287 e. The average Bonchev–Trinajstić information content (AvgIpc) is 2.96. The van der Waals surface area contributed by atoms with Gasteiger partial charge >= 0.3 is 6.18 Å². The lowest BCUT2D eigenvalue weighted by atomic mass is 9.87. The molecule has 0 bridgehead atoms. The number of nitrogens with zero attached hydrogens (tertiary/aromatic N) is 1. The summed E-state index contributed by atoms with van der Waals surface area (Å²) in [6.07, 6.45) is 0.0685. The Morgan fingerprint density at radius 3 is 2.48 bits per heavy atom. The van der Waals surface area contributed by atoms with Gasteiger partial charge in [-0.2, -0.15) is 13.2 Å². The molecule has 2 fully saturated rings. The zero-order valence-electron chi connectivity index (χ0n) is 12.2. The minimum Gasteiger partial charge on any atom is -0.287 e. The standard InChI is InChI=1S/C17H20F3N/c1-12(2)16-9-3-11-21(16)15(8-10-16)13-4-6-14(7-5-13)17(18,19)20/h4-7,15H,1,3,8-11H2,2H3. The van der Waals surface area contributed by atoms with Crippen LogP contribution < -0.4 is 0 Å². The maximum absolute atomic E-state index is 12.7. The summed E-state index contributed by atoms with van der Waals surface area (Å²) in [6, 6.07) is 5.91. The highest BCUT2D eigenvalue weighted by atomic mass is 19.4. The lowest BCUT2D eigenvalue weighted by Crippen LogP contribution is -2.40. The highest BCUT2D eigenvalue weighted by molar-refractivity contribution is 5.31. The molecule has 21 heavy (non-hydrogen) atoms. The monoisotopic (exact) mass is 295 g/mol. The summed E-state index contributed by atoms with van der Waals surface area (Å²) in [5, 5.41) is 0. The normalized spacial score (nSPS) is 29.6. The van der Waals surface area contributed by atoms with Crippen LogP contribution >= 0.6 is 0 Å². The fourth-order valence-electron chi connectivity index (χ4n) is 4.07. The van der Waals surface area contributed by atoms with Crippen molar-refractivity contribution in [3.8, 4) is 0 Å². The van der Waals surface area contributed by atoms with E-state index in [1.807, 2.05) is 0 Å². The average molecular weight is 295 g/mol. The lowest BCUT2D eigenvalue weighted by molar-refractivity contribution is -0.137. The van der Waals surface area contributed by atoms with Crippen molar-refractivity contribution in [1.82, 2.24) is 4.90 Å². The second-order valence-electron chi connectivity index (χ2n) is 6.28. The van der Waals surface area contributed by atoms with E-state index >= 15 is 0 Å². The van der Waals surface area contributed by atoms with Gasteiger partial charge in [-0.05, 0) is 56.8 Å². The molecule has 0 N–H and O–H groups in total. The quantitative estimate of drug-likeness (QED) is 0.698. The third-order valence-corrected chi connectivity index (χ3v) is 5.16. The first-order valence-electron chi connectivity index (χ1n) is 7.44. The van der Waals surface area contributed by atoms with Gasteiger partial charge in [-0.15, -0.1) is 0 Å². The largest absolute Gasteiger partial charge is 0.416 e. The van der Waals surface area contributed by atoms with Crippen LogP contribution in [0.4, 0.5) is 13.2 Å². The van der Waals surface area contributed by atoms with Crippen molar-refractivity contribution in [2.75, 3.05) is 6.54 Å². The van der Waals surface area contributed by atoms with Gasteiger partial charge in [0.05, 0.1) is 5.56 Å². The van der Waals surface area contributed by atoms with Crippen LogP contribution in [0.1, 0.15) is 49.8 Å². The van der Waals surface area contributed by atoms with Gasteiger partial charge in [0.25, 0.3) is 0 Å². The molecule has 3 rings (SSSR count). The van der Waals surface area contributed by atoms with Crippen molar-refractivity contribution < 1.29 is 13.2 Å². The fraction of sp³-hybridized carbons (Fsp3) is 0.529. The molecule has 4 heteroatoms. The summed E-state index contributed by atoms with van der Waals surface area (Å²) in [4.78, 5) is 2.46. The molecule has 2 aliphatic rings. The van der Waals surface area contributed by atoms with Crippen LogP contribution in [-0.4, -0.2) is 17.0 Å². The molecule has 0 saturated carbocycles. The molecule has 0 radical (unpaired) electrons. The Hall–Kier alpha value is -1.29. The van der Waals surface area contributed by atoms with E-state index in [0.717, 1.165) is 37.8 Å². The molecular weight excluding hydrogens is 275 g/mol. The summed E-state index contributed by atoms with van der Waals surface area (Å²) in [6.45, 7) is 7.24. The molecule has 0 aromatic heterocycles. The van der Waals surface area contributed by atoms with Gasteiger partial charge in [-0.1, -0.05) is 24.3 Å². The minimum atomic E-state index is -4.26. The van der Waals surface area contributed by atoms with Crippen LogP contribution in [0.2, 0.25) is 0 Å². The van der Waals surface area contributed by atoms with Crippen LogP contribution in [0.25, 0.3) is 0 Å². The van der Waals surface area contributed by atoms with Gasteiger partial charge < -0.3 is 0 Å². The maximum Gasteiger partial charge on any atom is 0.416 e. The number of hydrogen-bond acceptors (Lipinski definition) is 1. The Kier molecular flexibility index (Phi) is 3.40. The molecule has 0 aliphatic carbocycles. The fourth-order valence-corrected chi connectivity index (χ4v) is 4.07. The van der Waals surface area contributed by atoms with E-state index in [9.17, 15) is 13.2 Å². The van der Waals surface area contributed by atoms with Crippen molar-refractivity contribution in [2.45, 2.75) is 50.4 Å². The number of benzene rings is 1. The van der Waals surface area contributed by atoms with Gasteiger partial charge in [0.2, 0.25) is 0 Å². The molecule has 2 aliphatic heterocycles. The zero-order chi connectivity index (χ0) is 15.3. The Balaban J connectivity index is 1.87. The SMILES string of the molecule is C=C(C)C12CCCN1C(c1ccc(C(F)(F)F)cc1)CC2. The maximum atomic E-state index is 12.7. The second kappa shape index (κ2) is 4.87. The molecule has 0 amide bonds. The molecule has 1 nitrogen and oxygen atoms in total. The van der Waals surface area contributed by atoms with E-state index in [4.69, 9.17) is 0 Å². The first kappa shape index (κ1) is 14.6. The molecular formula is C17H20F3N. The third kappa shape index (κ3) is 2.30. The van der Waals surface area contributed by atoms with Gasteiger partial charge in [0.15, 0.2) is 0 Å². The zero-order valence-corrected chi connectivity index (χ0v) is 12.2. The van der Waals surface area contributed by atoms with Crippen molar-refractivity contribution in [3.05, 3.63) is 47.5 Å².